The molecule has 0 unspecified atom stereocenters. The first kappa shape index (κ1) is 25.0. The molecule has 186 valence electrons. The smallest absolute Gasteiger partial charge is 0.354 e. The number of aromatic nitrogens is 1. The lowest BCUT2D eigenvalue weighted by molar-refractivity contribution is -0.140. The number of aromatic amines is 1. The highest BCUT2D eigenvalue weighted by Gasteiger charge is 2.46. The number of rotatable bonds is 6. The summed E-state index contributed by atoms with van der Waals surface area (Å²) in [4.78, 5) is 45.2. The van der Waals surface area contributed by atoms with Crippen LogP contribution >= 0.6 is 11.6 Å². The number of halogens is 1. The summed E-state index contributed by atoms with van der Waals surface area (Å²) < 4.78 is 10.2. The van der Waals surface area contributed by atoms with Crippen LogP contribution in [0.5, 0.6) is 0 Å². The minimum Gasteiger partial charge on any atom is -0.507 e. The van der Waals surface area contributed by atoms with Crippen LogP contribution in [0.4, 0.5) is 0 Å². The van der Waals surface area contributed by atoms with E-state index >= 15 is 0 Å². The number of amides is 1. The Morgan fingerprint density at radius 2 is 1.83 bits per heavy atom. The molecule has 10 heteroatoms. The van der Waals surface area contributed by atoms with Crippen LogP contribution in [0.3, 0.4) is 0 Å². The Morgan fingerprint density at radius 3 is 2.46 bits per heavy atom. The summed E-state index contributed by atoms with van der Waals surface area (Å²) >= 11 is 6.08. The van der Waals surface area contributed by atoms with E-state index in [1.807, 2.05) is 0 Å². The summed E-state index contributed by atoms with van der Waals surface area (Å²) in [6, 6.07) is 6.04. The van der Waals surface area contributed by atoms with Crippen LogP contribution in [-0.4, -0.2) is 84.1 Å². The van der Waals surface area contributed by atoms with Crippen LogP contribution in [0.25, 0.3) is 5.76 Å². The number of H-pyrrole nitrogens is 1. The van der Waals surface area contributed by atoms with Crippen LogP contribution < -0.4 is 0 Å². The summed E-state index contributed by atoms with van der Waals surface area (Å²) in [5.74, 6) is -2.38. The zero-order valence-electron chi connectivity index (χ0n) is 19.9. The molecular weight excluding hydrogens is 474 g/mol. The van der Waals surface area contributed by atoms with E-state index in [2.05, 4.69) is 9.88 Å². The molecule has 1 amide bonds. The second kappa shape index (κ2) is 10.2. The molecular formula is C25H28ClN3O6. The van der Waals surface area contributed by atoms with Crippen LogP contribution in [-0.2, 0) is 19.1 Å². The van der Waals surface area contributed by atoms with Gasteiger partial charge in [-0.05, 0) is 37.1 Å². The molecule has 0 aliphatic carbocycles. The van der Waals surface area contributed by atoms with Gasteiger partial charge in [0.25, 0.3) is 11.7 Å². The van der Waals surface area contributed by atoms with Gasteiger partial charge in [-0.2, -0.15) is 0 Å². The van der Waals surface area contributed by atoms with Gasteiger partial charge in [0.2, 0.25) is 0 Å². The highest BCUT2D eigenvalue weighted by Crippen LogP contribution is 2.41. The average Bonchev–Trinajstić information content (AvgIpc) is 3.30. The molecule has 9 nitrogen and oxygen atoms in total. The molecule has 35 heavy (non-hydrogen) atoms. The molecule has 1 atom stereocenters. The molecule has 2 aliphatic heterocycles. The topological polar surface area (TPSA) is 112 Å². The standard InChI is InChI=1S/C25H28ClN3O6/c1-14-18(15(2)27-20(14)25(33)34-3)22(30)19-21(16-4-6-17(26)7-5-16)29(24(32)23(19)31)9-8-28-10-12-35-13-11-28/h4-7,21,27,30H,8-13H2,1-3H3/b22-19+/t21-/m0/s1. The van der Waals surface area contributed by atoms with Crippen LogP contribution in [0.1, 0.15) is 38.9 Å². The number of esters is 1. The summed E-state index contributed by atoms with van der Waals surface area (Å²) in [6.45, 7) is 6.92. The number of aryl methyl sites for hydroxylation is 1. The molecule has 4 rings (SSSR count). The molecule has 0 saturated carbocycles. The fourth-order valence-electron chi connectivity index (χ4n) is 4.72. The second-order valence-electron chi connectivity index (χ2n) is 8.61. The van der Waals surface area contributed by atoms with E-state index in [-0.39, 0.29) is 17.0 Å². The number of ether oxygens (including phenoxy) is 2. The quantitative estimate of drug-likeness (QED) is 0.271. The molecule has 0 spiro atoms. The Balaban J connectivity index is 1.79. The Bertz CT molecular complexity index is 1180. The zero-order valence-corrected chi connectivity index (χ0v) is 20.6. The minimum atomic E-state index is -0.802. The molecule has 2 saturated heterocycles. The highest BCUT2D eigenvalue weighted by molar-refractivity contribution is 6.46. The predicted octanol–water partition coefficient (Wildman–Crippen LogP) is 2.83. The van der Waals surface area contributed by atoms with E-state index in [0.29, 0.717) is 53.7 Å². The molecule has 2 fully saturated rings. The van der Waals surface area contributed by atoms with Crippen molar-refractivity contribution in [3.63, 3.8) is 0 Å². The van der Waals surface area contributed by atoms with Gasteiger partial charge < -0.3 is 24.5 Å². The molecule has 1 aromatic carbocycles. The third-order valence-corrected chi connectivity index (χ3v) is 6.80. The third kappa shape index (κ3) is 4.71. The van der Waals surface area contributed by atoms with Gasteiger partial charge in [-0.25, -0.2) is 4.79 Å². The lowest BCUT2D eigenvalue weighted by atomic mass is 9.94. The van der Waals surface area contributed by atoms with Crippen molar-refractivity contribution in [3.8, 4) is 0 Å². The number of aliphatic hydroxyl groups excluding tert-OH is 1. The number of carbonyl (C=O) groups is 3. The van der Waals surface area contributed by atoms with Crippen molar-refractivity contribution in [1.82, 2.24) is 14.8 Å². The van der Waals surface area contributed by atoms with E-state index in [0.717, 1.165) is 13.1 Å². The first-order valence-corrected chi connectivity index (χ1v) is 11.7. The number of hydrogen-bond donors (Lipinski definition) is 2. The SMILES string of the molecule is COC(=O)c1[nH]c(C)c(/C(O)=C2\C(=O)C(=O)N(CCN3CCOCC3)[C@H]2c2ccc(Cl)cc2)c1C. The Labute approximate surface area is 208 Å². The molecule has 0 bridgehead atoms. The maximum Gasteiger partial charge on any atom is 0.354 e. The number of carbonyl (C=O) groups excluding carboxylic acids is 3. The number of benzene rings is 1. The molecule has 3 heterocycles. The zero-order chi connectivity index (χ0) is 25.3. The fourth-order valence-corrected chi connectivity index (χ4v) is 4.85. The van der Waals surface area contributed by atoms with Crippen molar-refractivity contribution in [1.29, 1.82) is 0 Å². The number of hydrogen-bond acceptors (Lipinski definition) is 7. The van der Waals surface area contributed by atoms with E-state index in [1.165, 1.54) is 12.0 Å². The van der Waals surface area contributed by atoms with E-state index < -0.39 is 23.7 Å². The highest BCUT2D eigenvalue weighted by atomic mass is 35.5. The minimum absolute atomic E-state index is 0.0269. The molecule has 2 aliphatic rings. The van der Waals surface area contributed by atoms with Crippen LogP contribution in [0.2, 0.25) is 5.02 Å². The summed E-state index contributed by atoms with van der Waals surface area (Å²) in [7, 11) is 1.26. The molecule has 1 aromatic heterocycles. The molecule has 2 aromatic rings. The van der Waals surface area contributed by atoms with Gasteiger partial charge in [0, 0.05) is 42.5 Å². The number of ketones is 1. The second-order valence-corrected chi connectivity index (χ2v) is 9.05. The third-order valence-electron chi connectivity index (χ3n) is 6.55. The first-order chi connectivity index (χ1) is 16.7. The maximum absolute atomic E-state index is 13.3. The number of nitrogens with zero attached hydrogens (tertiary/aromatic N) is 2. The largest absolute Gasteiger partial charge is 0.507 e. The summed E-state index contributed by atoms with van der Waals surface area (Å²) in [5.41, 5.74) is 2.01. The summed E-state index contributed by atoms with van der Waals surface area (Å²) in [6.07, 6.45) is 0. The Kier molecular flexibility index (Phi) is 7.30. The van der Waals surface area contributed by atoms with Crippen molar-refractivity contribution in [2.75, 3.05) is 46.5 Å². The van der Waals surface area contributed by atoms with Crippen molar-refractivity contribution in [3.05, 3.63) is 62.9 Å². The van der Waals surface area contributed by atoms with Crippen molar-refractivity contribution in [2.45, 2.75) is 19.9 Å². The van der Waals surface area contributed by atoms with E-state index in [4.69, 9.17) is 21.1 Å². The van der Waals surface area contributed by atoms with Gasteiger partial charge in [0.15, 0.2) is 0 Å². The normalized spacial score (nSPS) is 20.5. The van der Waals surface area contributed by atoms with Gasteiger partial charge in [-0.3, -0.25) is 14.5 Å². The van der Waals surface area contributed by atoms with Gasteiger partial charge in [-0.1, -0.05) is 23.7 Å². The van der Waals surface area contributed by atoms with Crippen molar-refractivity contribution in [2.24, 2.45) is 0 Å². The number of aliphatic hydroxyl groups is 1. The number of methoxy groups -OCH3 is 1. The van der Waals surface area contributed by atoms with Gasteiger partial charge >= 0.3 is 5.97 Å². The predicted molar refractivity (Wildman–Crippen MR) is 129 cm³/mol. The van der Waals surface area contributed by atoms with Gasteiger partial charge in [0.1, 0.15) is 11.5 Å². The lowest BCUT2D eigenvalue weighted by Gasteiger charge is -2.31. The van der Waals surface area contributed by atoms with Gasteiger partial charge in [-0.15, -0.1) is 0 Å². The number of Topliss-reactive ketones (excluding diaryl/α,β-unsaturated/α-hetero) is 1. The monoisotopic (exact) mass is 501 g/mol. The average molecular weight is 502 g/mol. The van der Waals surface area contributed by atoms with Gasteiger partial charge in [0.05, 0.1) is 31.9 Å². The van der Waals surface area contributed by atoms with E-state index in [1.54, 1.807) is 38.1 Å². The molecule has 0 radical (unpaired) electrons. The molecule has 2 N–H and O–H groups in total. The fraction of sp³-hybridized carbons (Fsp3) is 0.400. The van der Waals surface area contributed by atoms with Crippen molar-refractivity contribution < 1.29 is 29.0 Å². The maximum atomic E-state index is 13.3. The Hall–Kier alpha value is -3.14. The lowest BCUT2D eigenvalue weighted by Crippen LogP contribution is -2.42. The summed E-state index contributed by atoms with van der Waals surface area (Å²) in [5, 5.41) is 11.9. The Morgan fingerprint density at radius 1 is 1.17 bits per heavy atom. The van der Waals surface area contributed by atoms with Crippen LogP contribution in [0.15, 0.2) is 29.8 Å². The number of nitrogens with one attached hydrogen (secondary N) is 1. The number of likely N-dealkylation sites (tertiary alicyclic amines) is 1. The first-order valence-electron chi connectivity index (χ1n) is 11.4. The van der Waals surface area contributed by atoms with Crippen molar-refractivity contribution >= 4 is 35.0 Å². The van der Waals surface area contributed by atoms with Crippen LogP contribution in [0, 0.1) is 13.8 Å². The van der Waals surface area contributed by atoms with E-state index in [9.17, 15) is 19.5 Å². The number of morpholine rings is 1.